The van der Waals surface area contributed by atoms with Crippen LogP contribution in [-0.4, -0.2) is 10.2 Å². The van der Waals surface area contributed by atoms with E-state index in [1.807, 2.05) is 30.3 Å². The number of fused-ring (bicyclic) bond motifs is 5. The molecule has 4 rings (SSSR count). The van der Waals surface area contributed by atoms with Crippen LogP contribution in [0.5, 0.6) is 0 Å². The van der Waals surface area contributed by atoms with E-state index in [1.54, 1.807) is 0 Å². The molecule has 0 amide bonds. The van der Waals surface area contributed by atoms with Crippen molar-refractivity contribution in [2.24, 2.45) is 0 Å². The first kappa shape index (κ1) is 13.3. The van der Waals surface area contributed by atoms with Crippen molar-refractivity contribution >= 4 is 32.3 Å². The summed E-state index contributed by atoms with van der Waals surface area (Å²) in [4.78, 5) is 0. The van der Waals surface area contributed by atoms with Gasteiger partial charge >= 0.3 is 0 Å². The van der Waals surface area contributed by atoms with Crippen molar-refractivity contribution in [3.8, 4) is 0 Å². The van der Waals surface area contributed by atoms with E-state index in [2.05, 4.69) is 30.3 Å². The number of hydrogen-bond donors (Lipinski definition) is 2. The third-order valence-corrected chi connectivity index (χ3v) is 4.36. The monoisotopic (exact) mass is 288 g/mol. The maximum absolute atomic E-state index is 9.66. The Morgan fingerprint density at radius 3 is 2.23 bits per heavy atom. The molecule has 0 aliphatic carbocycles. The number of rotatable bonds is 2. The highest BCUT2D eigenvalue weighted by Gasteiger charge is 2.08. The Balaban J connectivity index is 2.21. The molecule has 4 aromatic rings. The fraction of sp³-hybridized carbons (Fsp3) is 0.100. The maximum Gasteiger partial charge on any atom is 0.0688 e. The summed E-state index contributed by atoms with van der Waals surface area (Å²) in [5.41, 5.74) is 1.86. The lowest BCUT2D eigenvalue weighted by Crippen LogP contribution is -1.89. The summed E-state index contributed by atoms with van der Waals surface area (Å²) in [5.74, 6) is 0. The predicted molar refractivity (Wildman–Crippen MR) is 90.8 cm³/mol. The highest BCUT2D eigenvalue weighted by atomic mass is 16.3. The van der Waals surface area contributed by atoms with Crippen LogP contribution in [0.1, 0.15) is 11.1 Å². The van der Waals surface area contributed by atoms with Gasteiger partial charge in [0, 0.05) is 0 Å². The normalized spacial score (nSPS) is 11.5. The molecule has 0 aromatic heterocycles. The molecule has 0 atom stereocenters. The van der Waals surface area contributed by atoms with Crippen LogP contribution in [0, 0.1) is 0 Å². The van der Waals surface area contributed by atoms with E-state index in [0.717, 1.165) is 43.4 Å². The second-order valence-corrected chi connectivity index (χ2v) is 5.61. The summed E-state index contributed by atoms with van der Waals surface area (Å²) in [7, 11) is 0. The minimum atomic E-state index is 0.0329. The van der Waals surface area contributed by atoms with Crippen molar-refractivity contribution in [1.82, 2.24) is 0 Å². The molecule has 0 saturated heterocycles. The zero-order chi connectivity index (χ0) is 15.1. The summed E-state index contributed by atoms with van der Waals surface area (Å²) < 4.78 is 0. The largest absolute Gasteiger partial charge is 0.392 e. The summed E-state index contributed by atoms with van der Waals surface area (Å²) in [6, 6.07) is 20.5. The Labute approximate surface area is 128 Å². The molecule has 108 valence electrons. The second kappa shape index (κ2) is 5.09. The molecular weight excluding hydrogens is 272 g/mol. The van der Waals surface area contributed by atoms with Gasteiger partial charge in [-0.05, 0) is 49.5 Å². The third kappa shape index (κ3) is 1.89. The predicted octanol–water partition coefficient (Wildman–Crippen LogP) is 4.13. The van der Waals surface area contributed by atoms with Crippen LogP contribution in [0.25, 0.3) is 32.3 Å². The highest BCUT2D eigenvalue weighted by Crippen LogP contribution is 2.33. The number of aliphatic hydroxyl groups excluding tert-OH is 2. The van der Waals surface area contributed by atoms with Gasteiger partial charge in [-0.3, -0.25) is 0 Å². The molecule has 4 aromatic carbocycles. The summed E-state index contributed by atoms with van der Waals surface area (Å²) in [6.45, 7) is 0.0764. The van der Waals surface area contributed by atoms with E-state index in [4.69, 9.17) is 0 Å². The first-order valence-corrected chi connectivity index (χ1v) is 7.39. The van der Waals surface area contributed by atoms with Crippen molar-refractivity contribution in [3.05, 3.63) is 71.8 Å². The number of aliphatic hydroxyl groups is 2. The molecule has 0 aliphatic rings. The lowest BCUT2D eigenvalue weighted by molar-refractivity contribution is 0.282. The molecule has 0 fully saturated rings. The molecule has 0 aliphatic heterocycles. The van der Waals surface area contributed by atoms with E-state index in [-0.39, 0.29) is 13.2 Å². The van der Waals surface area contributed by atoms with Crippen LogP contribution in [0.15, 0.2) is 60.7 Å². The van der Waals surface area contributed by atoms with Crippen LogP contribution >= 0.6 is 0 Å². The van der Waals surface area contributed by atoms with E-state index in [0.29, 0.717) is 0 Å². The molecule has 0 radical (unpaired) electrons. The molecule has 22 heavy (non-hydrogen) atoms. The number of benzene rings is 4. The minimum absolute atomic E-state index is 0.0329. The average Bonchev–Trinajstić information content (AvgIpc) is 2.59. The molecule has 0 unspecified atom stereocenters. The van der Waals surface area contributed by atoms with Gasteiger partial charge in [0.15, 0.2) is 0 Å². The lowest BCUT2D eigenvalue weighted by Gasteiger charge is -2.11. The van der Waals surface area contributed by atoms with Crippen molar-refractivity contribution in [2.45, 2.75) is 13.2 Å². The Morgan fingerprint density at radius 2 is 1.41 bits per heavy atom. The Kier molecular flexibility index (Phi) is 3.07. The van der Waals surface area contributed by atoms with Crippen molar-refractivity contribution in [2.75, 3.05) is 0 Å². The van der Waals surface area contributed by atoms with Crippen molar-refractivity contribution < 1.29 is 10.2 Å². The van der Waals surface area contributed by atoms with Crippen molar-refractivity contribution in [3.63, 3.8) is 0 Å². The molecule has 0 heterocycles. The summed E-state index contributed by atoms with van der Waals surface area (Å²) in [6.07, 6.45) is 0. The van der Waals surface area contributed by atoms with Gasteiger partial charge < -0.3 is 10.2 Å². The highest BCUT2D eigenvalue weighted by molar-refractivity contribution is 6.18. The summed E-state index contributed by atoms with van der Waals surface area (Å²) in [5, 5.41) is 25.9. The maximum atomic E-state index is 9.66. The average molecular weight is 288 g/mol. The van der Waals surface area contributed by atoms with Crippen LogP contribution in [0.2, 0.25) is 0 Å². The van der Waals surface area contributed by atoms with E-state index < -0.39 is 0 Å². The molecule has 0 bridgehead atoms. The molecule has 2 heteroatoms. The van der Waals surface area contributed by atoms with E-state index >= 15 is 0 Å². The van der Waals surface area contributed by atoms with Gasteiger partial charge in [-0.25, -0.2) is 0 Å². The summed E-state index contributed by atoms with van der Waals surface area (Å²) >= 11 is 0. The Bertz CT molecular complexity index is 1000. The Morgan fingerprint density at radius 1 is 0.636 bits per heavy atom. The Hall–Kier alpha value is -2.42. The van der Waals surface area contributed by atoms with Gasteiger partial charge in [-0.2, -0.15) is 0 Å². The van der Waals surface area contributed by atoms with Gasteiger partial charge in [-0.15, -0.1) is 0 Å². The molecular formula is C20H16O2. The fourth-order valence-corrected chi connectivity index (χ4v) is 3.28. The molecule has 0 spiro atoms. The van der Waals surface area contributed by atoms with Gasteiger partial charge in [0.05, 0.1) is 13.2 Å². The van der Waals surface area contributed by atoms with Crippen LogP contribution in [0.4, 0.5) is 0 Å². The van der Waals surface area contributed by atoms with Gasteiger partial charge in [-0.1, -0.05) is 54.6 Å². The van der Waals surface area contributed by atoms with Gasteiger partial charge in [0.2, 0.25) is 0 Å². The fourth-order valence-electron chi connectivity index (χ4n) is 3.28. The zero-order valence-electron chi connectivity index (χ0n) is 12.1. The SMILES string of the molecule is OCc1ccc2ccc3c(ccc4cccc(CO)c43)c2c1. The second-order valence-electron chi connectivity index (χ2n) is 5.61. The van der Waals surface area contributed by atoms with E-state index in [9.17, 15) is 10.2 Å². The first-order chi connectivity index (χ1) is 10.8. The quantitative estimate of drug-likeness (QED) is 0.544. The standard InChI is InChI=1S/C20H16O2/c21-11-13-4-5-14-6-9-18-17(19(14)10-13)8-7-15-2-1-3-16(12-22)20(15)18/h1-10,21-22H,11-12H2. The van der Waals surface area contributed by atoms with Gasteiger partial charge in [0.25, 0.3) is 0 Å². The topological polar surface area (TPSA) is 40.5 Å². The zero-order valence-corrected chi connectivity index (χ0v) is 12.1. The number of hydrogen-bond acceptors (Lipinski definition) is 2. The third-order valence-electron chi connectivity index (χ3n) is 4.36. The van der Waals surface area contributed by atoms with Gasteiger partial charge in [0.1, 0.15) is 0 Å². The first-order valence-electron chi connectivity index (χ1n) is 7.39. The lowest BCUT2D eigenvalue weighted by atomic mass is 9.94. The smallest absolute Gasteiger partial charge is 0.0688 e. The van der Waals surface area contributed by atoms with Crippen molar-refractivity contribution in [1.29, 1.82) is 0 Å². The van der Waals surface area contributed by atoms with Crippen LogP contribution < -0.4 is 0 Å². The van der Waals surface area contributed by atoms with E-state index in [1.165, 1.54) is 0 Å². The molecule has 0 saturated carbocycles. The van der Waals surface area contributed by atoms with Crippen LogP contribution in [0.3, 0.4) is 0 Å². The minimum Gasteiger partial charge on any atom is -0.392 e. The van der Waals surface area contributed by atoms with Crippen LogP contribution in [-0.2, 0) is 13.2 Å². The molecule has 2 nitrogen and oxygen atoms in total. The molecule has 2 N–H and O–H groups in total.